The van der Waals surface area contributed by atoms with Crippen LogP contribution >= 0.6 is 0 Å². The fourth-order valence-corrected chi connectivity index (χ4v) is 5.07. The molecule has 4 rings (SSSR count). The number of carbonyl (C=O) groups is 1. The molecule has 0 saturated heterocycles. The Balaban J connectivity index is 1.63. The highest BCUT2D eigenvalue weighted by molar-refractivity contribution is 7.92. The minimum Gasteiger partial charge on any atom is -0.342 e. The van der Waals surface area contributed by atoms with E-state index in [9.17, 15) is 17.6 Å². The Labute approximate surface area is 186 Å². The fraction of sp³-hybridized carbons (Fsp3) is 0.160. The van der Waals surface area contributed by atoms with E-state index in [1.807, 2.05) is 38.1 Å². The Bertz CT molecular complexity index is 1410. The molecule has 4 aromatic rings. The first-order chi connectivity index (χ1) is 15.2. The second-order valence-corrected chi connectivity index (χ2v) is 9.78. The number of fused-ring (bicyclic) bond motifs is 1. The Morgan fingerprint density at radius 3 is 2.44 bits per heavy atom. The van der Waals surface area contributed by atoms with Gasteiger partial charge in [-0.15, -0.1) is 0 Å². The summed E-state index contributed by atoms with van der Waals surface area (Å²) in [5.74, 6) is -1.58. The van der Waals surface area contributed by atoms with E-state index in [0.717, 1.165) is 22.2 Å². The monoisotopic (exact) mass is 450 g/mol. The predicted octanol–water partition coefficient (Wildman–Crippen LogP) is 4.86. The average Bonchev–Trinajstić information content (AvgIpc) is 3.12. The van der Waals surface area contributed by atoms with E-state index in [-0.39, 0.29) is 10.7 Å². The van der Waals surface area contributed by atoms with Crippen LogP contribution < -0.4 is 5.32 Å². The van der Waals surface area contributed by atoms with Crippen molar-refractivity contribution in [3.8, 4) is 0 Å². The van der Waals surface area contributed by atoms with Gasteiger partial charge in [0, 0.05) is 29.3 Å². The summed E-state index contributed by atoms with van der Waals surface area (Å²) < 4.78 is 41.4. The number of sulfone groups is 1. The lowest BCUT2D eigenvalue weighted by atomic mass is 10.1. The Kier molecular flexibility index (Phi) is 5.84. The standard InChI is InChI=1S/C25H23FN2O3S/c1-17-6-5-8-22(18(17)2)27-25(29)16-32(30,31)24-15-28(23-9-4-3-7-21(23)24)14-19-10-12-20(26)13-11-19/h3-13,15H,14,16H2,1-2H3,(H,27,29). The third-order valence-corrected chi connectivity index (χ3v) is 7.19. The zero-order valence-corrected chi connectivity index (χ0v) is 18.6. The SMILES string of the molecule is Cc1cccc(NC(=O)CS(=O)(=O)c2cn(Cc3ccc(F)cc3)c3ccccc23)c1C. The van der Waals surface area contributed by atoms with Gasteiger partial charge in [0.1, 0.15) is 11.6 Å². The molecule has 164 valence electrons. The number of hydrogen-bond donors (Lipinski definition) is 1. The number of carbonyl (C=O) groups excluding carboxylic acids is 1. The van der Waals surface area contributed by atoms with E-state index in [4.69, 9.17) is 0 Å². The molecule has 0 atom stereocenters. The number of hydrogen-bond acceptors (Lipinski definition) is 3. The van der Waals surface area contributed by atoms with Gasteiger partial charge in [-0.3, -0.25) is 4.79 Å². The van der Waals surface area contributed by atoms with Crippen molar-refractivity contribution in [2.45, 2.75) is 25.3 Å². The summed E-state index contributed by atoms with van der Waals surface area (Å²) >= 11 is 0. The second-order valence-electron chi connectivity index (χ2n) is 7.82. The van der Waals surface area contributed by atoms with Gasteiger partial charge >= 0.3 is 0 Å². The first-order valence-electron chi connectivity index (χ1n) is 10.2. The summed E-state index contributed by atoms with van der Waals surface area (Å²) in [6, 6.07) is 18.7. The molecule has 0 fully saturated rings. The molecular weight excluding hydrogens is 427 g/mol. The van der Waals surface area contributed by atoms with E-state index in [1.165, 1.54) is 12.1 Å². The topological polar surface area (TPSA) is 68.2 Å². The smallest absolute Gasteiger partial charge is 0.239 e. The highest BCUT2D eigenvalue weighted by Crippen LogP contribution is 2.27. The Hall–Kier alpha value is -3.45. The highest BCUT2D eigenvalue weighted by atomic mass is 32.2. The number of aryl methyl sites for hydroxylation is 1. The molecule has 0 saturated carbocycles. The van der Waals surface area contributed by atoms with Gasteiger partial charge in [-0.1, -0.05) is 42.5 Å². The van der Waals surface area contributed by atoms with Crippen molar-refractivity contribution >= 4 is 32.3 Å². The molecule has 0 radical (unpaired) electrons. The Morgan fingerprint density at radius 1 is 0.969 bits per heavy atom. The van der Waals surface area contributed by atoms with E-state index < -0.39 is 21.5 Å². The normalized spacial score (nSPS) is 11.6. The van der Waals surface area contributed by atoms with Crippen LogP contribution in [0.2, 0.25) is 0 Å². The molecule has 1 heterocycles. The number of para-hydroxylation sites is 1. The number of benzene rings is 3. The third-order valence-electron chi connectivity index (χ3n) is 5.55. The molecule has 0 spiro atoms. The van der Waals surface area contributed by atoms with E-state index >= 15 is 0 Å². The van der Waals surface area contributed by atoms with Crippen molar-refractivity contribution in [1.82, 2.24) is 4.57 Å². The van der Waals surface area contributed by atoms with E-state index in [0.29, 0.717) is 17.6 Å². The maximum atomic E-state index is 13.2. The molecule has 7 heteroatoms. The maximum Gasteiger partial charge on any atom is 0.239 e. The third kappa shape index (κ3) is 4.43. The summed E-state index contributed by atoms with van der Waals surface area (Å²) in [4.78, 5) is 12.7. The molecular formula is C25H23FN2O3S. The van der Waals surface area contributed by atoms with Crippen LogP contribution in [-0.2, 0) is 21.2 Å². The highest BCUT2D eigenvalue weighted by Gasteiger charge is 2.24. The summed E-state index contributed by atoms with van der Waals surface area (Å²) in [5, 5.41) is 3.27. The lowest BCUT2D eigenvalue weighted by Gasteiger charge is -2.10. The van der Waals surface area contributed by atoms with Crippen LogP contribution in [0.15, 0.2) is 77.8 Å². The quantitative estimate of drug-likeness (QED) is 0.456. The minimum atomic E-state index is -3.90. The van der Waals surface area contributed by atoms with Crippen LogP contribution in [0.5, 0.6) is 0 Å². The van der Waals surface area contributed by atoms with E-state index in [1.54, 1.807) is 41.1 Å². The average molecular weight is 451 g/mol. The van der Waals surface area contributed by atoms with Crippen LogP contribution in [-0.4, -0.2) is 24.6 Å². The van der Waals surface area contributed by atoms with Crippen LogP contribution in [0.1, 0.15) is 16.7 Å². The first-order valence-corrected chi connectivity index (χ1v) is 11.8. The zero-order chi connectivity index (χ0) is 22.9. The molecule has 0 aliphatic heterocycles. The maximum absolute atomic E-state index is 13.2. The number of nitrogens with zero attached hydrogens (tertiary/aromatic N) is 1. The van der Waals surface area contributed by atoms with Crippen molar-refractivity contribution in [2.75, 3.05) is 11.1 Å². The number of anilines is 1. The summed E-state index contributed by atoms with van der Waals surface area (Å²) in [7, 11) is -3.90. The van der Waals surface area contributed by atoms with Crippen molar-refractivity contribution in [1.29, 1.82) is 0 Å². The predicted molar refractivity (Wildman–Crippen MR) is 124 cm³/mol. The zero-order valence-electron chi connectivity index (χ0n) is 17.8. The lowest BCUT2D eigenvalue weighted by Crippen LogP contribution is -2.23. The van der Waals surface area contributed by atoms with Gasteiger partial charge < -0.3 is 9.88 Å². The number of aromatic nitrogens is 1. The molecule has 0 aliphatic rings. The first kappa shape index (κ1) is 21.8. The van der Waals surface area contributed by atoms with Gasteiger partial charge in [-0.25, -0.2) is 12.8 Å². The second kappa shape index (κ2) is 8.59. The molecule has 32 heavy (non-hydrogen) atoms. The molecule has 3 aromatic carbocycles. The summed E-state index contributed by atoms with van der Waals surface area (Å²) in [6.45, 7) is 4.19. The van der Waals surface area contributed by atoms with Gasteiger partial charge in [-0.05, 0) is 54.8 Å². The van der Waals surface area contributed by atoms with Gasteiger partial charge in [0.25, 0.3) is 0 Å². The van der Waals surface area contributed by atoms with Gasteiger partial charge in [0.2, 0.25) is 5.91 Å². The summed E-state index contributed by atoms with van der Waals surface area (Å²) in [5.41, 5.74) is 4.07. The number of halogens is 1. The largest absolute Gasteiger partial charge is 0.342 e. The van der Waals surface area contributed by atoms with Crippen LogP contribution in [0.25, 0.3) is 10.9 Å². The van der Waals surface area contributed by atoms with Crippen molar-refractivity contribution in [3.63, 3.8) is 0 Å². The lowest BCUT2D eigenvalue weighted by molar-refractivity contribution is -0.113. The fourth-order valence-electron chi connectivity index (χ4n) is 3.70. The van der Waals surface area contributed by atoms with Crippen molar-refractivity contribution in [2.24, 2.45) is 0 Å². The molecule has 0 unspecified atom stereocenters. The summed E-state index contributed by atoms with van der Waals surface area (Å²) in [6.07, 6.45) is 1.55. The molecule has 0 aliphatic carbocycles. The minimum absolute atomic E-state index is 0.103. The van der Waals surface area contributed by atoms with Crippen LogP contribution in [0.3, 0.4) is 0 Å². The van der Waals surface area contributed by atoms with Crippen molar-refractivity contribution < 1.29 is 17.6 Å². The van der Waals surface area contributed by atoms with Crippen molar-refractivity contribution in [3.05, 3.63) is 95.4 Å². The Morgan fingerprint density at radius 2 is 1.69 bits per heavy atom. The van der Waals surface area contributed by atoms with Gasteiger partial charge in [-0.2, -0.15) is 0 Å². The van der Waals surface area contributed by atoms with Crippen LogP contribution in [0, 0.1) is 19.7 Å². The molecule has 1 N–H and O–H groups in total. The number of nitrogens with one attached hydrogen (secondary N) is 1. The van der Waals surface area contributed by atoms with Crippen LogP contribution in [0.4, 0.5) is 10.1 Å². The molecule has 5 nitrogen and oxygen atoms in total. The number of amides is 1. The van der Waals surface area contributed by atoms with E-state index in [2.05, 4.69) is 5.32 Å². The number of rotatable bonds is 6. The molecule has 1 amide bonds. The molecule has 1 aromatic heterocycles. The van der Waals surface area contributed by atoms with Gasteiger partial charge in [0.15, 0.2) is 9.84 Å². The molecule has 0 bridgehead atoms. The van der Waals surface area contributed by atoms with Gasteiger partial charge in [0.05, 0.1) is 4.90 Å².